The normalized spacial score (nSPS) is 12.0. The number of aryl methyl sites for hydroxylation is 1. The lowest BCUT2D eigenvalue weighted by Gasteiger charge is -2.17. The summed E-state index contributed by atoms with van der Waals surface area (Å²) in [6.07, 6.45) is 0. The third-order valence-corrected chi connectivity index (χ3v) is 5.68. The van der Waals surface area contributed by atoms with E-state index in [1.807, 2.05) is 41.8 Å². The van der Waals surface area contributed by atoms with Crippen molar-refractivity contribution in [3.05, 3.63) is 81.0 Å². The number of carbonyl (C=O) groups is 2. The zero-order valence-electron chi connectivity index (χ0n) is 14.1. The predicted octanol–water partition coefficient (Wildman–Crippen LogP) is 4.54. The monoisotopic (exact) mass is 347 g/mol. The number of carbonyl (C=O) groups excluding carboxylic acids is 2. The molecule has 4 rings (SSSR count). The fourth-order valence-electron chi connectivity index (χ4n) is 3.23. The first-order valence-corrected chi connectivity index (χ1v) is 9.01. The SMILES string of the molecule is Cc1ccsc1CN(C)C(=O)c1ccc2c(c1)C(=O)c1ccccc1-2. The summed E-state index contributed by atoms with van der Waals surface area (Å²) >= 11 is 1.65. The van der Waals surface area contributed by atoms with Crippen LogP contribution in [0.15, 0.2) is 53.9 Å². The first-order chi connectivity index (χ1) is 12.1. The van der Waals surface area contributed by atoms with Gasteiger partial charge in [0.2, 0.25) is 0 Å². The minimum atomic E-state index is -0.0700. The maximum Gasteiger partial charge on any atom is 0.253 e. The van der Waals surface area contributed by atoms with Crippen molar-refractivity contribution in [3.63, 3.8) is 0 Å². The molecule has 0 atom stereocenters. The number of hydrogen-bond acceptors (Lipinski definition) is 3. The Kier molecular flexibility index (Phi) is 3.77. The lowest BCUT2D eigenvalue weighted by atomic mass is 10.0. The Labute approximate surface area is 150 Å². The van der Waals surface area contributed by atoms with Crippen molar-refractivity contribution in [2.75, 3.05) is 7.05 Å². The van der Waals surface area contributed by atoms with Gasteiger partial charge in [-0.15, -0.1) is 11.3 Å². The highest BCUT2D eigenvalue weighted by Gasteiger charge is 2.27. The van der Waals surface area contributed by atoms with E-state index in [4.69, 9.17) is 0 Å². The number of thiophene rings is 1. The maximum absolute atomic E-state index is 12.8. The molecular weight excluding hydrogens is 330 g/mol. The Balaban J connectivity index is 1.64. The second-order valence-electron chi connectivity index (χ2n) is 6.32. The van der Waals surface area contributed by atoms with Gasteiger partial charge in [0.05, 0.1) is 6.54 Å². The first-order valence-electron chi connectivity index (χ1n) is 8.13. The number of hydrogen-bond donors (Lipinski definition) is 0. The number of ketones is 1. The zero-order chi connectivity index (χ0) is 17.6. The van der Waals surface area contributed by atoms with Crippen molar-refractivity contribution < 1.29 is 9.59 Å². The van der Waals surface area contributed by atoms with E-state index < -0.39 is 0 Å². The molecule has 0 unspecified atom stereocenters. The van der Waals surface area contributed by atoms with Crippen molar-refractivity contribution in [3.8, 4) is 11.1 Å². The van der Waals surface area contributed by atoms with Gasteiger partial charge in [0.15, 0.2) is 5.78 Å². The summed E-state index contributed by atoms with van der Waals surface area (Å²) in [5.74, 6) is -0.0728. The van der Waals surface area contributed by atoms with Crippen molar-refractivity contribution in [1.29, 1.82) is 0 Å². The number of rotatable bonds is 3. The molecule has 4 heteroatoms. The quantitative estimate of drug-likeness (QED) is 0.546. The Morgan fingerprint density at radius 1 is 1.00 bits per heavy atom. The van der Waals surface area contributed by atoms with Crippen LogP contribution in [0.5, 0.6) is 0 Å². The predicted molar refractivity (Wildman–Crippen MR) is 100 cm³/mol. The van der Waals surface area contributed by atoms with Crippen LogP contribution in [0.4, 0.5) is 0 Å². The largest absolute Gasteiger partial charge is 0.337 e. The topological polar surface area (TPSA) is 37.4 Å². The van der Waals surface area contributed by atoms with E-state index in [-0.39, 0.29) is 11.7 Å². The summed E-state index contributed by atoms with van der Waals surface area (Å²) in [6, 6.07) is 15.1. The number of benzene rings is 2. The molecule has 1 aromatic heterocycles. The van der Waals surface area contributed by atoms with Gasteiger partial charge in [-0.1, -0.05) is 30.3 Å². The summed E-state index contributed by atoms with van der Waals surface area (Å²) in [5, 5.41) is 2.04. The van der Waals surface area contributed by atoms with Gasteiger partial charge in [-0.05, 0) is 47.2 Å². The van der Waals surface area contributed by atoms with E-state index in [2.05, 4.69) is 13.0 Å². The molecule has 0 saturated carbocycles. The van der Waals surface area contributed by atoms with Crippen LogP contribution in [-0.4, -0.2) is 23.6 Å². The van der Waals surface area contributed by atoms with Crippen LogP contribution < -0.4 is 0 Å². The van der Waals surface area contributed by atoms with Crippen LogP contribution in [-0.2, 0) is 6.54 Å². The molecule has 25 heavy (non-hydrogen) atoms. The molecule has 124 valence electrons. The number of fused-ring (bicyclic) bond motifs is 3. The first kappa shape index (κ1) is 15.8. The molecule has 0 saturated heterocycles. The summed E-state index contributed by atoms with van der Waals surface area (Å²) < 4.78 is 0. The van der Waals surface area contributed by atoms with Gasteiger partial charge in [-0.2, -0.15) is 0 Å². The molecule has 0 radical (unpaired) electrons. The summed E-state index contributed by atoms with van der Waals surface area (Å²) in [7, 11) is 1.80. The Bertz CT molecular complexity index is 1000. The summed E-state index contributed by atoms with van der Waals surface area (Å²) in [5.41, 5.74) is 4.94. The maximum atomic E-state index is 12.8. The molecule has 1 aliphatic carbocycles. The average molecular weight is 347 g/mol. The highest BCUT2D eigenvalue weighted by Crippen LogP contribution is 2.36. The second kappa shape index (κ2) is 5.97. The minimum absolute atomic E-state index is 0.00277. The van der Waals surface area contributed by atoms with Crippen molar-refractivity contribution in [1.82, 2.24) is 4.90 Å². The molecule has 2 aromatic carbocycles. The van der Waals surface area contributed by atoms with Gasteiger partial charge in [-0.25, -0.2) is 0 Å². The third kappa shape index (κ3) is 2.59. The Hall–Kier alpha value is -2.72. The van der Waals surface area contributed by atoms with E-state index in [0.29, 0.717) is 23.2 Å². The van der Waals surface area contributed by atoms with Crippen molar-refractivity contribution in [2.45, 2.75) is 13.5 Å². The molecule has 1 amide bonds. The molecule has 0 aliphatic heterocycles. The molecule has 0 bridgehead atoms. The zero-order valence-corrected chi connectivity index (χ0v) is 14.9. The highest BCUT2D eigenvalue weighted by molar-refractivity contribution is 7.10. The lowest BCUT2D eigenvalue weighted by Crippen LogP contribution is -2.26. The second-order valence-corrected chi connectivity index (χ2v) is 7.32. The standard InChI is InChI=1S/C21H17NO2S/c1-13-9-10-25-19(13)12-22(2)21(24)14-7-8-16-15-5-3-4-6-17(15)20(23)18(16)11-14/h3-11H,12H2,1-2H3. The van der Waals surface area contributed by atoms with E-state index in [1.165, 1.54) is 10.4 Å². The van der Waals surface area contributed by atoms with Crippen LogP contribution in [0.3, 0.4) is 0 Å². The molecule has 0 N–H and O–H groups in total. The van der Waals surface area contributed by atoms with E-state index in [9.17, 15) is 9.59 Å². The van der Waals surface area contributed by atoms with Gasteiger partial charge in [0, 0.05) is 28.6 Å². The Morgan fingerprint density at radius 2 is 1.72 bits per heavy atom. The van der Waals surface area contributed by atoms with Gasteiger partial charge in [-0.3, -0.25) is 9.59 Å². The minimum Gasteiger partial charge on any atom is -0.337 e. The van der Waals surface area contributed by atoms with Gasteiger partial charge in [0.1, 0.15) is 0 Å². The molecule has 3 nitrogen and oxygen atoms in total. The van der Waals surface area contributed by atoms with Crippen LogP contribution in [0.2, 0.25) is 0 Å². The van der Waals surface area contributed by atoms with E-state index >= 15 is 0 Å². The van der Waals surface area contributed by atoms with Crippen LogP contribution in [0, 0.1) is 6.92 Å². The number of nitrogens with zero attached hydrogens (tertiary/aromatic N) is 1. The molecule has 1 aliphatic rings. The summed E-state index contributed by atoms with van der Waals surface area (Å²) in [6.45, 7) is 2.63. The average Bonchev–Trinajstić information content (AvgIpc) is 3.16. The molecular formula is C21H17NO2S. The molecule has 1 heterocycles. The molecule has 3 aromatic rings. The third-order valence-electron chi connectivity index (χ3n) is 4.67. The van der Waals surface area contributed by atoms with Crippen molar-refractivity contribution in [2.24, 2.45) is 0 Å². The van der Waals surface area contributed by atoms with Gasteiger partial charge < -0.3 is 4.90 Å². The number of amides is 1. The van der Waals surface area contributed by atoms with Gasteiger partial charge >= 0.3 is 0 Å². The summed E-state index contributed by atoms with van der Waals surface area (Å²) in [4.78, 5) is 28.3. The van der Waals surface area contributed by atoms with Crippen molar-refractivity contribution >= 4 is 23.0 Å². The van der Waals surface area contributed by atoms with Gasteiger partial charge in [0.25, 0.3) is 5.91 Å². The van der Waals surface area contributed by atoms with Crippen LogP contribution in [0.1, 0.15) is 36.7 Å². The highest BCUT2D eigenvalue weighted by atomic mass is 32.1. The molecule has 0 fully saturated rings. The molecule has 0 spiro atoms. The smallest absolute Gasteiger partial charge is 0.253 e. The van der Waals surface area contributed by atoms with Crippen LogP contribution in [0.25, 0.3) is 11.1 Å². The van der Waals surface area contributed by atoms with Crippen LogP contribution >= 0.6 is 11.3 Å². The lowest BCUT2D eigenvalue weighted by molar-refractivity contribution is 0.0786. The Morgan fingerprint density at radius 3 is 2.44 bits per heavy atom. The fourth-order valence-corrected chi connectivity index (χ4v) is 4.19. The van der Waals surface area contributed by atoms with E-state index in [0.717, 1.165) is 11.1 Å². The fraction of sp³-hybridized carbons (Fsp3) is 0.143. The van der Waals surface area contributed by atoms with E-state index in [1.54, 1.807) is 29.4 Å².